The maximum Gasteiger partial charge on any atom is 0.245 e. The highest BCUT2D eigenvalue weighted by Gasteiger charge is 2.27. The third kappa shape index (κ3) is 6.04. The fourth-order valence-electron chi connectivity index (χ4n) is 2.45. The average molecular weight is 329 g/mol. The molecule has 0 aliphatic heterocycles. The molecule has 0 spiro atoms. The van der Waals surface area contributed by atoms with Gasteiger partial charge in [0.2, 0.25) is 11.8 Å². The smallest absolute Gasteiger partial charge is 0.245 e. The molecular weight excluding hydrogens is 302 g/mol. The zero-order valence-corrected chi connectivity index (χ0v) is 15.2. The molecule has 1 atom stereocenters. The Labute approximate surface area is 144 Å². The largest absolute Gasteiger partial charge is 0.344 e. The summed E-state index contributed by atoms with van der Waals surface area (Å²) in [7, 11) is 1.71. The summed E-state index contributed by atoms with van der Waals surface area (Å²) < 4.78 is 0. The average Bonchev–Trinajstić information content (AvgIpc) is 2.51. The molecule has 0 aromatic heterocycles. The van der Waals surface area contributed by atoms with Crippen molar-refractivity contribution >= 4 is 11.8 Å². The molecule has 130 valence electrons. The SMILES string of the molecule is CC(C)CC(=O)NC(C(=O)N(C)Cc1cccc(C#N)c1)C(C)C. The number of hydrogen-bond donors (Lipinski definition) is 1. The van der Waals surface area contributed by atoms with Crippen molar-refractivity contribution in [2.45, 2.75) is 46.7 Å². The van der Waals surface area contributed by atoms with Crippen molar-refractivity contribution in [2.75, 3.05) is 7.05 Å². The number of nitrogens with zero attached hydrogens (tertiary/aromatic N) is 2. The topological polar surface area (TPSA) is 73.2 Å². The Hall–Kier alpha value is -2.35. The molecule has 1 aromatic carbocycles. The van der Waals surface area contributed by atoms with E-state index >= 15 is 0 Å². The molecule has 0 radical (unpaired) electrons. The van der Waals surface area contributed by atoms with Gasteiger partial charge in [-0.05, 0) is 29.5 Å². The van der Waals surface area contributed by atoms with Crippen LogP contribution in [0.1, 0.15) is 45.2 Å². The van der Waals surface area contributed by atoms with E-state index < -0.39 is 6.04 Å². The van der Waals surface area contributed by atoms with Crippen LogP contribution >= 0.6 is 0 Å². The number of carbonyl (C=O) groups is 2. The van der Waals surface area contributed by atoms with Gasteiger partial charge in [-0.25, -0.2) is 0 Å². The summed E-state index contributed by atoms with van der Waals surface area (Å²) in [6.07, 6.45) is 0.407. The lowest BCUT2D eigenvalue weighted by Gasteiger charge is -2.27. The van der Waals surface area contributed by atoms with Gasteiger partial charge in [-0.15, -0.1) is 0 Å². The normalized spacial score (nSPS) is 11.9. The minimum Gasteiger partial charge on any atom is -0.344 e. The predicted octanol–water partition coefficient (Wildman–Crippen LogP) is 2.70. The van der Waals surface area contributed by atoms with Crippen molar-refractivity contribution in [1.82, 2.24) is 10.2 Å². The van der Waals surface area contributed by atoms with E-state index in [4.69, 9.17) is 5.26 Å². The molecule has 1 unspecified atom stereocenters. The fourth-order valence-corrected chi connectivity index (χ4v) is 2.45. The van der Waals surface area contributed by atoms with E-state index in [1.54, 1.807) is 30.1 Å². The summed E-state index contributed by atoms with van der Waals surface area (Å²) in [5, 5.41) is 11.8. The fraction of sp³-hybridized carbons (Fsp3) is 0.526. The number of carbonyl (C=O) groups excluding carboxylic acids is 2. The van der Waals surface area contributed by atoms with Gasteiger partial charge in [-0.3, -0.25) is 9.59 Å². The lowest BCUT2D eigenvalue weighted by atomic mass is 10.0. The van der Waals surface area contributed by atoms with Crippen LogP contribution in [0.2, 0.25) is 0 Å². The van der Waals surface area contributed by atoms with Crippen LogP contribution in [0.4, 0.5) is 0 Å². The van der Waals surface area contributed by atoms with Crippen LogP contribution in [0.25, 0.3) is 0 Å². The van der Waals surface area contributed by atoms with E-state index in [0.29, 0.717) is 18.5 Å². The van der Waals surface area contributed by atoms with Gasteiger partial charge in [0.15, 0.2) is 0 Å². The number of amides is 2. The van der Waals surface area contributed by atoms with Crippen molar-refractivity contribution in [3.8, 4) is 6.07 Å². The van der Waals surface area contributed by atoms with E-state index in [-0.39, 0.29) is 23.7 Å². The molecule has 0 aliphatic rings. The second kappa shape index (κ2) is 9.07. The van der Waals surface area contributed by atoms with Crippen LogP contribution in [-0.2, 0) is 16.1 Å². The molecule has 0 saturated heterocycles. The van der Waals surface area contributed by atoms with Gasteiger partial charge in [-0.2, -0.15) is 5.26 Å². The summed E-state index contributed by atoms with van der Waals surface area (Å²) in [5.74, 6) is 0.0299. The summed E-state index contributed by atoms with van der Waals surface area (Å²) in [4.78, 5) is 26.3. The maximum atomic E-state index is 12.7. The molecule has 0 saturated carbocycles. The van der Waals surface area contributed by atoms with E-state index in [1.807, 2.05) is 33.8 Å². The van der Waals surface area contributed by atoms with E-state index in [2.05, 4.69) is 11.4 Å². The minimum atomic E-state index is -0.541. The first kappa shape index (κ1) is 19.7. The molecular formula is C19H27N3O2. The molecule has 1 N–H and O–H groups in total. The lowest BCUT2D eigenvalue weighted by Crippen LogP contribution is -2.50. The summed E-state index contributed by atoms with van der Waals surface area (Å²) >= 11 is 0. The van der Waals surface area contributed by atoms with Crippen LogP contribution in [0.5, 0.6) is 0 Å². The second-order valence-electron chi connectivity index (χ2n) is 6.89. The highest BCUT2D eigenvalue weighted by Crippen LogP contribution is 2.11. The Morgan fingerprint density at radius 2 is 1.92 bits per heavy atom. The number of likely N-dealkylation sites (N-methyl/N-ethyl adjacent to an activating group) is 1. The van der Waals surface area contributed by atoms with Gasteiger partial charge in [0.05, 0.1) is 11.6 Å². The molecule has 0 heterocycles. The van der Waals surface area contributed by atoms with E-state index in [9.17, 15) is 9.59 Å². The first-order valence-corrected chi connectivity index (χ1v) is 8.28. The molecule has 24 heavy (non-hydrogen) atoms. The molecule has 0 fully saturated rings. The van der Waals surface area contributed by atoms with Gasteiger partial charge in [0, 0.05) is 20.0 Å². The monoisotopic (exact) mass is 329 g/mol. The molecule has 5 nitrogen and oxygen atoms in total. The number of nitriles is 1. The van der Waals surface area contributed by atoms with Crippen molar-refractivity contribution in [3.63, 3.8) is 0 Å². The summed E-state index contributed by atoms with van der Waals surface area (Å²) in [6, 6.07) is 8.74. The molecule has 1 rings (SSSR count). The van der Waals surface area contributed by atoms with Crippen LogP contribution in [0.3, 0.4) is 0 Å². The molecule has 0 aliphatic carbocycles. The van der Waals surface area contributed by atoms with Gasteiger partial charge in [-0.1, -0.05) is 39.8 Å². The maximum absolute atomic E-state index is 12.7. The molecule has 5 heteroatoms. The number of benzene rings is 1. The number of rotatable bonds is 7. The Kier molecular flexibility index (Phi) is 7.44. The zero-order chi connectivity index (χ0) is 18.3. The van der Waals surface area contributed by atoms with Crippen LogP contribution in [0, 0.1) is 23.2 Å². The number of hydrogen-bond acceptors (Lipinski definition) is 3. The van der Waals surface area contributed by atoms with Crippen molar-refractivity contribution < 1.29 is 9.59 Å². The lowest BCUT2D eigenvalue weighted by molar-refractivity contribution is -0.137. The Bertz CT molecular complexity index is 617. The van der Waals surface area contributed by atoms with Crippen LogP contribution < -0.4 is 5.32 Å². The first-order chi connectivity index (χ1) is 11.2. The van der Waals surface area contributed by atoms with Crippen molar-refractivity contribution in [2.24, 2.45) is 11.8 Å². The third-order valence-corrected chi connectivity index (χ3v) is 3.69. The van der Waals surface area contributed by atoms with Gasteiger partial charge in [0.25, 0.3) is 0 Å². The van der Waals surface area contributed by atoms with E-state index in [1.165, 1.54) is 0 Å². The molecule has 1 aromatic rings. The number of nitrogens with one attached hydrogen (secondary N) is 1. The molecule has 0 bridgehead atoms. The first-order valence-electron chi connectivity index (χ1n) is 8.28. The van der Waals surface area contributed by atoms with E-state index in [0.717, 1.165) is 5.56 Å². The van der Waals surface area contributed by atoms with Gasteiger partial charge in [0.1, 0.15) is 6.04 Å². The Morgan fingerprint density at radius 1 is 1.25 bits per heavy atom. The van der Waals surface area contributed by atoms with Crippen molar-refractivity contribution in [1.29, 1.82) is 5.26 Å². The minimum absolute atomic E-state index is 0.00139. The van der Waals surface area contributed by atoms with Crippen molar-refractivity contribution in [3.05, 3.63) is 35.4 Å². The van der Waals surface area contributed by atoms with Gasteiger partial charge >= 0.3 is 0 Å². The standard InChI is InChI=1S/C19H27N3O2/c1-13(2)9-17(23)21-18(14(3)4)19(24)22(5)12-16-8-6-7-15(10-16)11-20/h6-8,10,13-14,18H,9,12H2,1-5H3,(H,21,23). The van der Waals surface area contributed by atoms with Crippen LogP contribution in [-0.4, -0.2) is 29.8 Å². The zero-order valence-electron chi connectivity index (χ0n) is 15.2. The summed E-state index contributed by atoms with van der Waals surface area (Å²) in [6.45, 7) is 8.18. The Balaban J connectivity index is 2.78. The summed E-state index contributed by atoms with van der Waals surface area (Å²) in [5.41, 5.74) is 1.46. The highest BCUT2D eigenvalue weighted by molar-refractivity contribution is 5.87. The molecule has 2 amide bonds. The highest BCUT2D eigenvalue weighted by atomic mass is 16.2. The Morgan fingerprint density at radius 3 is 2.46 bits per heavy atom. The second-order valence-corrected chi connectivity index (χ2v) is 6.89. The predicted molar refractivity (Wildman–Crippen MR) is 93.9 cm³/mol. The third-order valence-electron chi connectivity index (χ3n) is 3.69. The van der Waals surface area contributed by atoms with Crippen LogP contribution in [0.15, 0.2) is 24.3 Å². The quantitative estimate of drug-likeness (QED) is 0.836. The van der Waals surface area contributed by atoms with Gasteiger partial charge < -0.3 is 10.2 Å².